The summed E-state index contributed by atoms with van der Waals surface area (Å²) in [6.45, 7) is 6.39. The Labute approximate surface area is 178 Å². The van der Waals surface area contributed by atoms with E-state index in [-0.39, 0.29) is 17.7 Å². The molecule has 164 valence electrons. The number of aromatic nitrogens is 4. The van der Waals surface area contributed by atoms with Gasteiger partial charge in [0, 0.05) is 25.3 Å². The Morgan fingerprint density at radius 2 is 2.03 bits per heavy atom. The molecule has 31 heavy (non-hydrogen) atoms. The maximum absolute atomic E-state index is 14.4. The fourth-order valence-corrected chi connectivity index (χ4v) is 3.49. The van der Waals surface area contributed by atoms with Crippen molar-refractivity contribution < 1.29 is 18.3 Å². The minimum absolute atomic E-state index is 0.0207. The number of piperidine rings is 1. The number of hydrogen-bond acceptors (Lipinski definition) is 6. The number of amides is 1. The number of rotatable bonds is 3. The van der Waals surface area contributed by atoms with Crippen LogP contribution in [0.5, 0.6) is 0 Å². The molecule has 0 aliphatic carbocycles. The van der Waals surface area contributed by atoms with Crippen LogP contribution in [0, 0.1) is 11.6 Å². The van der Waals surface area contributed by atoms with Crippen LogP contribution in [-0.2, 0) is 4.74 Å². The topological polar surface area (TPSA) is 84.6 Å². The van der Waals surface area contributed by atoms with E-state index in [2.05, 4.69) is 20.3 Å². The van der Waals surface area contributed by atoms with Crippen molar-refractivity contribution in [1.29, 1.82) is 0 Å². The maximum atomic E-state index is 14.4. The van der Waals surface area contributed by atoms with Gasteiger partial charge in [-0.15, -0.1) is 0 Å². The molecule has 4 heterocycles. The fourth-order valence-electron chi connectivity index (χ4n) is 3.49. The lowest BCUT2D eigenvalue weighted by molar-refractivity contribution is 0.0206. The van der Waals surface area contributed by atoms with Gasteiger partial charge in [-0.1, -0.05) is 0 Å². The smallest absolute Gasteiger partial charge is 0.410 e. The number of nitrogens with zero attached hydrogens (tertiary/aromatic N) is 5. The number of likely N-dealkylation sites (tertiary alicyclic amines) is 1. The summed E-state index contributed by atoms with van der Waals surface area (Å²) in [6.07, 6.45) is 4.96. The van der Waals surface area contributed by atoms with E-state index in [1.807, 2.05) is 20.8 Å². The van der Waals surface area contributed by atoms with Gasteiger partial charge in [-0.25, -0.2) is 28.5 Å². The Hall–Kier alpha value is -3.30. The predicted octanol–water partition coefficient (Wildman–Crippen LogP) is 3.88. The van der Waals surface area contributed by atoms with E-state index in [9.17, 15) is 13.6 Å². The van der Waals surface area contributed by atoms with Gasteiger partial charge < -0.3 is 15.0 Å². The SMILES string of the molecule is CC(C)(C)OC(=O)N1CCCC(Nc2nc(-c3cnc4ccc(F)cn34)ncc2F)C1. The zero-order chi connectivity index (χ0) is 22.2. The van der Waals surface area contributed by atoms with Gasteiger partial charge in [0.15, 0.2) is 17.5 Å². The maximum Gasteiger partial charge on any atom is 0.410 e. The van der Waals surface area contributed by atoms with E-state index < -0.39 is 23.3 Å². The molecule has 0 aromatic carbocycles. The summed E-state index contributed by atoms with van der Waals surface area (Å²) in [5.74, 6) is -0.816. The number of halogens is 2. The Kier molecular flexibility index (Phi) is 5.47. The molecule has 8 nitrogen and oxygen atoms in total. The van der Waals surface area contributed by atoms with Gasteiger partial charge >= 0.3 is 6.09 Å². The van der Waals surface area contributed by atoms with E-state index >= 15 is 0 Å². The number of anilines is 1. The van der Waals surface area contributed by atoms with Gasteiger partial charge in [0.1, 0.15) is 22.8 Å². The van der Waals surface area contributed by atoms with Crippen molar-refractivity contribution in [3.8, 4) is 11.5 Å². The molecule has 0 spiro atoms. The Bertz CT molecular complexity index is 1110. The molecule has 1 aliphatic rings. The molecule has 1 aliphatic heterocycles. The highest BCUT2D eigenvalue weighted by molar-refractivity contribution is 5.68. The lowest BCUT2D eigenvalue weighted by Gasteiger charge is -2.34. The van der Waals surface area contributed by atoms with Crippen LogP contribution >= 0.6 is 0 Å². The monoisotopic (exact) mass is 430 g/mol. The first kappa shape index (κ1) is 21.0. The number of pyridine rings is 1. The Morgan fingerprint density at radius 1 is 1.23 bits per heavy atom. The zero-order valence-electron chi connectivity index (χ0n) is 17.6. The van der Waals surface area contributed by atoms with Crippen LogP contribution in [-0.4, -0.2) is 55.1 Å². The number of ether oxygens (including phenoxy) is 1. The van der Waals surface area contributed by atoms with Gasteiger partial charge in [0.25, 0.3) is 0 Å². The standard InChI is InChI=1S/C21H24F2N6O2/c1-21(2,3)31-20(30)28-8-4-5-14(12-28)26-18-15(23)9-25-19(27-18)16-10-24-17-7-6-13(22)11-29(16)17/h6-7,9-11,14H,4-5,8,12H2,1-3H3,(H,25,26,27). The van der Waals surface area contributed by atoms with E-state index in [4.69, 9.17) is 4.74 Å². The summed E-state index contributed by atoms with van der Waals surface area (Å²) in [5.41, 5.74) is 0.384. The minimum Gasteiger partial charge on any atom is -0.444 e. The second-order valence-corrected chi connectivity index (χ2v) is 8.52. The average Bonchev–Trinajstić information content (AvgIpc) is 3.11. The van der Waals surface area contributed by atoms with Gasteiger partial charge in [-0.3, -0.25) is 4.40 Å². The van der Waals surface area contributed by atoms with Crippen LogP contribution in [0.15, 0.2) is 30.7 Å². The molecule has 3 aromatic heterocycles. The first-order valence-corrected chi connectivity index (χ1v) is 10.1. The number of imidazole rings is 1. The molecular formula is C21H24F2N6O2. The largest absolute Gasteiger partial charge is 0.444 e. The molecular weight excluding hydrogens is 406 g/mol. The van der Waals surface area contributed by atoms with Gasteiger partial charge in [-0.2, -0.15) is 0 Å². The molecule has 1 amide bonds. The quantitative estimate of drug-likeness (QED) is 0.679. The Balaban J connectivity index is 1.54. The molecule has 1 unspecified atom stereocenters. The van der Waals surface area contributed by atoms with Crippen LogP contribution in [0.25, 0.3) is 17.2 Å². The van der Waals surface area contributed by atoms with E-state index in [1.54, 1.807) is 4.90 Å². The van der Waals surface area contributed by atoms with Crippen LogP contribution in [0.2, 0.25) is 0 Å². The lowest BCUT2D eigenvalue weighted by atomic mass is 10.1. The summed E-state index contributed by atoms with van der Waals surface area (Å²) in [5, 5.41) is 3.08. The van der Waals surface area contributed by atoms with Crippen LogP contribution in [0.4, 0.5) is 19.4 Å². The van der Waals surface area contributed by atoms with Crippen molar-refractivity contribution >= 4 is 17.6 Å². The second-order valence-electron chi connectivity index (χ2n) is 8.52. The van der Waals surface area contributed by atoms with Crippen LogP contribution in [0.1, 0.15) is 33.6 Å². The number of carbonyl (C=O) groups excluding carboxylic acids is 1. The number of fused-ring (bicyclic) bond motifs is 1. The van der Waals surface area contributed by atoms with Gasteiger partial charge in [0.05, 0.1) is 12.4 Å². The van der Waals surface area contributed by atoms with Crippen LogP contribution in [0.3, 0.4) is 0 Å². The summed E-state index contributed by atoms with van der Waals surface area (Å²) < 4.78 is 35.1. The second kappa shape index (κ2) is 8.09. The average molecular weight is 430 g/mol. The first-order chi connectivity index (χ1) is 14.7. The number of carbonyl (C=O) groups is 1. The van der Waals surface area contributed by atoms with Gasteiger partial charge in [0.2, 0.25) is 0 Å². The minimum atomic E-state index is -0.613. The highest BCUT2D eigenvalue weighted by Crippen LogP contribution is 2.23. The van der Waals surface area contributed by atoms with Crippen molar-refractivity contribution in [2.24, 2.45) is 0 Å². The summed E-state index contributed by atoms with van der Waals surface area (Å²) >= 11 is 0. The van der Waals surface area contributed by atoms with Crippen molar-refractivity contribution in [3.63, 3.8) is 0 Å². The third-order valence-corrected chi connectivity index (χ3v) is 4.86. The molecule has 3 aromatic rings. The van der Waals surface area contributed by atoms with E-state index in [0.717, 1.165) is 19.0 Å². The molecule has 0 bridgehead atoms. The van der Waals surface area contributed by atoms with E-state index in [1.165, 1.54) is 28.9 Å². The molecule has 4 rings (SSSR count). The summed E-state index contributed by atoms with van der Waals surface area (Å²) in [6, 6.07) is 2.65. The molecule has 0 saturated carbocycles. The third-order valence-electron chi connectivity index (χ3n) is 4.86. The van der Waals surface area contributed by atoms with Crippen LogP contribution < -0.4 is 5.32 Å². The molecule has 10 heteroatoms. The normalized spacial score (nSPS) is 17.1. The zero-order valence-corrected chi connectivity index (χ0v) is 17.6. The van der Waals surface area contributed by atoms with Crippen molar-refractivity contribution in [3.05, 3.63) is 42.4 Å². The fraction of sp³-hybridized carbons (Fsp3) is 0.429. The molecule has 1 fully saturated rings. The summed E-state index contributed by atoms with van der Waals surface area (Å²) in [4.78, 5) is 26.5. The summed E-state index contributed by atoms with van der Waals surface area (Å²) in [7, 11) is 0. The highest BCUT2D eigenvalue weighted by atomic mass is 19.1. The third kappa shape index (κ3) is 4.73. The van der Waals surface area contributed by atoms with Crippen molar-refractivity contribution in [2.45, 2.75) is 45.3 Å². The Morgan fingerprint density at radius 3 is 2.81 bits per heavy atom. The molecule has 1 saturated heterocycles. The molecule has 0 radical (unpaired) electrons. The van der Waals surface area contributed by atoms with E-state index in [0.29, 0.717) is 24.4 Å². The molecule has 1 N–H and O–H groups in total. The van der Waals surface area contributed by atoms with Crippen molar-refractivity contribution in [1.82, 2.24) is 24.3 Å². The lowest BCUT2D eigenvalue weighted by Crippen LogP contribution is -2.47. The van der Waals surface area contributed by atoms with Gasteiger partial charge in [-0.05, 0) is 45.7 Å². The highest BCUT2D eigenvalue weighted by Gasteiger charge is 2.28. The predicted molar refractivity (Wildman–Crippen MR) is 111 cm³/mol. The van der Waals surface area contributed by atoms with Crippen molar-refractivity contribution in [2.75, 3.05) is 18.4 Å². The first-order valence-electron chi connectivity index (χ1n) is 10.1. The number of nitrogens with one attached hydrogen (secondary N) is 1. The number of hydrogen-bond donors (Lipinski definition) is 1. The molecule has 1 atom stereocenters.